The molecule has 0 aliphatic carbocycles. The Labute approximate surface area is 150 Å². The SMILES string of the molecule is Cc1cccc(N2CCN(C(=O)/C=C/c3cnc4sccn34)CC2)c1. The number of aryl methyl sites for hydroxylation is 1. The number of anilines is 1. The van der Waals surface area contributed by atoms with Crippen LogP contribution in [-0.4, -0.2) is 46.4 Å². The first kappa shape index (κ1) is 15.9. The lowest BCUT2D eigenvalue weighted by Crippen LogP contribution is -2.48. The van der Waals surface area contributed by atoms with Gasteiger partial charge >= 0.3 is 0 Å². The standard InChI is InChI=1S/C19H20N4OS/c1-15-3-2-4-16(13-15)21-7-9-22(10-8-21)18(24)6-5-17-14-20-19-23(17)11-12-25-19/h2-6,11-14H,7-10H2,1H3/b6-5+. The van der Waals surface area contributed by atoms with E-state index in [0.717, 1.165) is 36.8 Å². The first-order valence-electron chi connectivity index (χ1n) is 8.40. The number of aromatic nitrogens is 2. The van der Waals surface area contributed by atoms with Gasteiger partial charge in [0.05, 0.1) is 11.9 Å². The maximum atomic E-state index is 12.5. The van der Waals surface area contributed by atoms with E-state index < -0.39 is 0 Å². The third-order valence-corrected chi connectivity index (χ3v) is 5.30. The fraction of sp³-hybridized carbons (Fsp3) is 0.263. The molecule has 1 fully saturated rings. The molecule has 1 aromatic carbocycles. The van der Waals surface area contributed by atoms with Crippen molar-refractivity contribution in [2.75, 3.05) is 31.1 Å². The summed E-state index contributed by atoms with van der Waals surface area (Å²) in [4.78, 5) is 22.0. The molecule has 5 nitrogen and oxygen atoms in total. The molecule has 25 heavy (non-hydrogen) atoms. The van der Waals surface area contributed by atoms with Gasteiger partial charge in [0.1, 0.15) is 0 Å². The maximum Gasteiger partial charge on any atom is 0.246 e. The van der Waals surface area contributed by atoms with E-state index >= 15 is 0 Å². The topological polar surface area (TPSA) is 40.8 Å². The lowest BCUT2D eigenvalue weighted by Gasteiger charge is -2.35. The molecule has 0 unspecified atom stereocenters. The lowest BCUT2D eigenvalue weighted by molar-refractivity contribution is -0.126. The number of carbonyl (C=O) groups is 1. The van der Waals surface area contributed by atoms with Crippen molar-refractivity contribution in [1.82, 2.24) is 14.3 Å². The molecule has 1 saturated heterocycles. The third kappa shape index (κ3) is 3.30. The van der Waals surface area contributed by atoms with E-state index in [1.807, 2.05) is 27.0 Å². The fourth-order valence-electron chi connectivity index (χ4n) is 3.14. The summed E-state index contributed by atoms with van der Waals surface area (Å²) in [7, 11) is 0. The van der Waals surface area contributed by atoms with Crippen molar-refractivity contribution >= 4 is 34.0 Å². The molecular formula is C19H20N4OS. The summed E-state index contributed by atoms with van der Waals surface area (Å²) in [5, 5.41) is 1.99. The highest BCUT2D eigenvalue weighted by Crippen LogP contribution is 2.18. The Hall–Kier alpha value is -2.60. The molecule has 0 bridgehead atoms. The van der Waals surface area contributed by atoms with E-state index in [-0.39, 0.29) is 5.91 Å². The number of hydrogen-bond donors (Lipinski definition) is 0. The number of benzene rings is 1. The second-order valence-electron chi connectivity index (χ2n) is 6.22. The largest absolute Gasteiger partial charge is 0.368 e. The van der Waals surface area contributed by atoms with Crippen molar-refractivity contribution in [2.45, 2.75) is 6.92 Å². The molecule has 0 saturated carbocycles. The first-order valence-corrected chi connectivity index (χ1v) is 9.28. The van der Waals surface area contributed by atoms with Gasteiger partial charge in [-0.15, -0.1) is 11.3 Å². The van der Waals surface area contributed by atoms with E-state index in [4.69, 9.17) is 0 Å². The van der Waals surface area contributed by atoms with Gasteiger partial charge in [-0.3, -0.25) is 9.20 Å². The summed E-state index contributed by atoms with van der Waals surface area (Å²) >= 11 is 1.59. The molecular weight excluding hydrogens is 332 g/mol. The minimum atomic E-state index is 0.0640. The summed E-state index contributed by atoms with van der Waals surface area (Å²) in [6.45, 7) is 5.33. The highest BCUT2D eigenvalue weighted by molar-refractivity contribution is 7.15. The molecule has 128 valence electrons. The highest BCUT2D eigenvalue weighted by atomic mass is 32.1. The minimum absolute atomic E-state index is 0.0640. The molecule has 6 heteroatoms. The van der Waals surface area contributed by atoms with E-state index in [1.165, 1.54) is 11.3 Å². The Morgan fingerprint density at radius 2 is 2.08 bits per heavy atom. The molecule has 1 aliphatic rings. The van der Waals surface area contributed by atoms with Crippen LogP contribution < -0.4 is 4.90 Å². The molecule has 0 spiro atoms. The van der Waals surface area contributed by atoms with Crippen LogP contribution in [-0.2, 0) is 4.79 Å². The molecule has 0 N–H and O–H groups in total. The number of hydrogen-bond acceptors (Lipinski definition) is 4. The first-order chi connectivity index (χ1) is 12.2. The minimum Gasteiger partial charge on any atom is -0.368 e. The quantitative estimate of drug-likeness (QED) is 0.680. The lowest BCUT2D eigenvalue weighted by atomic mass is 10.2. The number of rotatable bonds is 3. The van der Waals surface area contributed by atoms with Crippen molar-refractivity contribution in [2.24, 2.45) is 0 Å². The van der Waals surface area contributed by atoms with Gasteiger partial charge in [0, 0.05) is 49.5 Å². The van der Waals surface area contributed by atoms with Crippen molar-refractivity contribution in [3.8, 4) is 0 Å². The summed E-state index contributed by atoms with van der Waals surface area (Å²) in [6, 6.07) is 8.52. The molecule has 3 aromatic rings. The second kappa shape index (κ2) is 6.72. The van der Waals surface area contributed by atoms with E-state index in [1.54, 1.807) is 23.6 Å². The van der Waals surface area contributed by atoms with Crippen molar-refractivity contribution in [3.05, 3.63) is 59.4 Å². The highest BCUT2D eigenvalue weighted by Gasteiger charge is 2.19. The van der Waals surface area contributed by atoms with Gasteiger partial charge in [-0.2, -0.15) is 0 Å². The Balaban J connectivity index is 1.38. The van der Waals surface area contributed by atoms with Crippen LogP contribution in [0.1, 0.15) is 11.3 Å². The zero-order valence-electron chi connectivity index (χ0n) is 14.1. The summed E-state index contributed by atoms with van der Waals surface area (Å²) < 4.78 is 1.99. The van der Waals surface area contributed by atoms with Gasteiger partial charge in [-0.05, 0) is 30.7 Å². The molecule has 1 amide bonds. The van der Waals surface area contributed by atoms with Gasteiger partial charge < -0.3 is 9.80 Å². The van der Waals surface area contributed by atoms with Crippen LogP contribution in [0.4, 0.5) is 5.69 Å². The molecule has 3 heterocycles. The number of imidazole rings is 1. The van der Waals surface area contributed by atoms with E-state index in [9.17, 15) is 4.79 Å². The second-order valence-corrected chi connectivity index (χ2v) is 7.10. The molecule has 4 rings (SSSR count). The summed E-state index contributed by atoms with van der Waals surface area (Å²) in [5.41, 5.74) is 3.43. The average Bonchev–Trinajstić information content (AvgIpc) is 3.24. The smallest absolute Gasteiger partial charge is 0.246 e. The molecule has 0 radical (unpaired) electrons. The van der Waals surface area contributed by atoms with Crippen LogP contribution in [0.2, 0.25) is 0 Å². The third-order valence-electron chi connectivity index (χ3n) is 4.53. The Bertz CT molecular complexity index is 918. The van der Waals surface area contributed by atoms with Gasteiger partial charge in [0.2, 0.25) is 5.91 Å². The molecule has 2 aromatic heterocycles. The monoisotopic (exact) mass is 352 g/mol. The predicted octanol–water partition coefficient (Wildman–Crippen LogP) is 3.07. The zero-order chi connectivity index (χ0) is 17.2. The van der Waals surface area contributed by atoms with E-state index in [0.29, 0.717) is 0 Å². The normalized spacial score (nSPS) is 15.4. The fourth-order valence-corrected chi connectivity index (χ4v) is 3.84. The number of nitrogens with zero attached hydrogens (tertiary/aromatic N) is 4. The Morgan fingerprint density at radius 1 is 1.24 bits per heavy atom. The number of carbonyl (C=O) groups excluding carboxylic acids is 1. The number of fused-ring (bicyclic) bond motifs is 1. The zero-order valence-corrected chi connectivity index (χ0v) is 14.9. The van der Waals surface area contributed by atoms with E-state index in [2.05, 4.69) is 41.1 Å². The van der Waals surface area contributed by atoms with Gasteiger partial charge in [-0.25, -0.2) is 4.98 Å². The maximum absolute atomic E-state index is 12.5. The Morgan fingerprint density at radius 3 is 2.88 bits per heavy atom. The van der Waals surface area contributed by atoms with Crippen molar-refractivity contribution in [1.29, 1.82) is 0 Å². The van der Waals surface area contributed by atoms with Crippen LogP contribution >= 0.6 is 11.3 Å². The van der Waals surface area contributed by atoms with Crippen LogP contribution in [0.3, 0.4) is 0 Å². The van der Waals surface area contributed by atoms with Crippen LogP contribution in [0.25, 0.3) is 11.0 Å². The van der Waals surface area contributed by atoms with Crippen LogP contribution in [0.15, 0.2) is 48.1 Å². The van der Waals surface area contributed by atoms with Crippen LogP contribution in [0.5, 0.6) is 0 Å². The van der Waals surface area contributed by atoms with Gasteiger partial charge in [0.25, 0.3) is 0 Å². The van der Waals surface area contributed by atoms with Crippen molar-refractivity contribution in [3.63, 3.8) is 0 Å². The molecule has 1 aliphatic heterocycles. The van der Waals surface area contributed by atoms with Crippen molar-refractivity contribution < 1.29 is 4.79 Å². The Kier molecular flexibility index (Phi) is 4.28. The molecule has 0 atom stereocenters. The van der Waals surface area contributed by atoms with Gasteiger partial charge in [0.15, 0.2) is 4.96 Å². The van der Waals surface area contributed by atoms with Gasteiger partial charge in [-0.1, -0.05) is 12.1 Å². The summed E-state index contributed by atoms with van der Waals surface area (Å²) in [5.74, 6) is 0.0640. The average molecular weight is 352 g/mol. The summed E-state index contributed by atoms with van der Waals surface area (Å²) in [6.07, 6.45) is 7.27. The predicted molar refractivity (Wildman–Crippen MR) is 102 cm³/mol. The number of piperazine rings is 1. The number of amides is 1. The number of thiazole rings is 1. The van der Waals surface area contributed by atoms with Crippen LogP contribution in [0, 0.1) is 6.92 Å².